The first-order chi connectivity index (χ1) is 7.56. The van der Waals surface area contributed by atoms with Crippen LogP contribution in [0.2, 0.25) is 10.0 Å². The van der Waals surface area contributed by atoms with Gasteiger partial charge in [0.25, 0.3) is 0 Å². The predicted molar refractivity (Wildman–Crippen MR) is 65.2 cm³/mol. The summed E-state index contributed by atoms with van der Waals surface area (Å²) in [5.74, 6) is 0.00793. The molecule has 0 saturated carbocycles. The van der Waals surface area contributed by atoms with Crippen LogP contribution in [-0.4, -0.2) is 36.4 Å². The number of benzene rings is 1. The normalized spacial score (nSPS) is 17.2. The van der Waals surface area contributed by atoms with E-state index >= 15 is 0 Å². The molecule has 0 aromatic heterocycles. The lowest BCUT2D eigenvalue weighted by molar-refractivity contribution is 0.0843. The highest BCUT2D eigenvalue weighted by molar-refractivity contribution is 6.36. The number of likely N-dealkylation sites (tertiary alicyclic amines) is 1. The van der Waals surface area contributed by atoms with Crippen molar-refractivity contribution in [2.24, 2.45) is 5.73 Å². The SMILES string of the molecule is NC1CN(CC(=O)c2ccc(Cl)cc2Cl)C1. The maximum absolute atomic E-state index is 11.9. The van der Waals surface area contributed by atoms with Crippen molar-refractivity contribution in [1.82, 2.24) is 4.90 Å². The van der Waals surface area contributed by atoms with Crippen molar-refractivity contribution in [3.05, 3.63) is 33.8 Å². The van der Waals surface area contributed by atoms with Gasteiger partial charge in [0, 0.05) is 29.7 Å². The fraction of sp³-hybridized carbons (Fsp3) is 0.364. The summed E-state index contributed by atoms with van der Waals surface area (Å²) in [7, 11) is 0. The number of Topliss-reactive ketones (excluding diaryl/α,β-unsaturated/α-hetero) is 1. The molecule has 1 saturated heterocycles. The molecule has 0 amide bonds. The summed E-state index contributed by atoms with van der Waals surface area (Å²) in [6.07, 6.45) is 0. The number of rotatable bonds is 3. The Labute approximate surface area is 104 Å². The molecule has 1 aliphatic heterocycles. The van der Waals surface area contributed by atoms with Gasteiger partial charge < -0.3 is 5.73 Å². The van der Waals surface area contributed by atoms with Crippen molar-refractivity contribution in [3.8, 4) is 0 Å². The highest BCUT2D eigenvalue weighted by Gasteiger charge is 2.25. The average molecular weight is 259 g/mol. The zero-order valence-corrected chi connectivity index (χ0v) is 10.1. The Balaban J connectivity index is 2.03. The first-order valence-corrected chi connectivity index (χ1v) is 5.78. The maximum atomic E-state index is 11.9. The van der Waals surface area contributed by atoms with Gasteiger partial charge in [0.05, 0.1) is 11.6 Å². The minimum Gasteiger partial charge on any atom is -0.325 e. The zero-order valence-electron chi connectivity index (χ0n) is 8.62. The molecule has 1 aromatic carbocycles. The van der Waals surface area contributed by atoms with Gasteiger partial charge in [-0.3, -0.25) is 9.69 Å². The van der Waals surface area contributed by atoms with Crippen molar-refractivity contribution in [3.63, 3.8) is 0 Å². The molecular weight excluding hydrogens is 247 g/mol. The fourth-order valence-corrected chi connectivity index (χ4v) is 2.26. The van der Waals surface area contributed by atoms with Crippen LogP contribution in [0.4, 0.5) is 0 Å². The topological polar surface area (TPSA) is 46.3 Å². The standard InChI is InChI=1S/C11H12Cl2N2O/c12-7-1-2-9(10(13)3-7)11(16)6-15-4-8(14)5-15/h1-3,8H,4-6,14H2. The van der Waals surface area contributed by atoms with Crippen molar-refractivity contribution in [1.29, 1.82) is 0 Å². The van der Waals surface area contributed by atoms with E-state index in [1.54, 1.807) is 18.2 Å². The Morgan fingerprint density at radius 1 is 1.44 bits per heavy atom. The molecule has 1 aromatic rings. The molecule has 2 N–H and O–H groups in total. The number of halogens is 2. The van der Waals surface area contributed by atoms with Gasteiger partial charge in [0.2, 0.25) is 0 Å². The molecular formula is C11H12Cl2N2O. The Hall–Kier alpha value is -0.610. The van der Waals surface area contributed by atoms with Crippen LogP contribution in [-0.2, 0) is 0 Å². The van der Waals surface area contributed by atoms with Crippen LogP contribution in [0.25, 0.3) is 0 Å². The number of hydrogen-bond acceptors (Lipinski definition) is 3. The number of hydrogen-bond donors (Lipinski definition) is 1. The summed E-state index contributed by atoms with van der Waals surface area (Å²) in [6, 6.07) is 5.11. The summed E-state index contributed by atoms with van der Waals surface area (Å²) in [5.41, 5.74) is 6.16. The van der Waals surface area contributed by atoms with Gasteiger partial charge in [0.1, 0.15) is 0 Å². The summed E-state index contributed by atoms with van der Waals surface area (Å²) < 4.78 is 0. The molecule has 1 aliphatic rings. The lowest BCUT2D eigenvalue weighted by Crippen LogP contribution is -2.56. The molecule has 0 atom stereocenters. The van der Waals surface area contributed by atoms with Crippen molar-refractivity contribution >= 4 is 29.0 Å². The Morgan fingerprint density at radius 3 is 2.69 bits per heavy atom. The van der Waals surface area contributed by atoms with Crippen LogP contribution in [0.15, 0.2) is 18.2 Å². The minimum absolute atomic E-state index is 0.00793. The third-order valence-corrected chi connectivity index (χ3v) is 3.13. The van der Waals surface area contributed by atoms with E-state index in [1.165, 1.54) is 0 Å². The Kier molecular flexibility index (Phi) is 3.50. The molecule has 5 heteroatoms. The van der Waals surface area contributed by atoms with E-state index < -0.39 is 0 Å². The van der Waals surface area contributed by atoms with Gasteiger partial charge in [-0.25, -0.2) is 0 Å². The molecule has 2 rings (SSSR count). The molecule has 0 bridgehead atoms. The summed E-state index contributed by atoms with van der Waals surface area (Å²) in [4.78, 5) is 13.9. The van der Waals surface area contributed by atoms with Gasteiger partial charge in [-0.15, -0.1) is 0 Å². The van der Waals surface area contributed by atoms with Crippen LogP contribution < -0.4 is 5.73 Å². The van der Waals surface area contributed by atoms with Crippen molar-refractivity contribution < 1.29 is 4.79 Å². The van der Waals surface area contributed by atoms with Gasteiger partial charge >= 0.3 is 0 Å². The van der Waals surface area contributed by atoms with Gasteiger partial charge in [0.15, 0.2) is 5.78 Å². The van der Waals surface area contributed by atoms with Crippen LogP contribution in [0.3, 0.4) is 0 Å². The van der Waals surface area contributed by atoms with E-state index in [1.807, 2.05) is 4.90 Å². The molecule has 1 heterocycles. The lowest BCUT2D eigenvalue weighted by atomic mass is 10.1. The molecule has 1 fully saturated rings. The average Bonchev–Trinajstić information content (AvgIpc) is 2.15. The first-order valence-electron chi connectivity index (χ1n) is 5.02. The third kappa shape index (κ3) is 2.55. The molecule has 16 heavy (non-hydrogen) atoms. The van der Waals surface area contributed by atoms with Crippen LogP contribution in [0.5, 0.6) is 0 Å². The molecule has 0 unspecified atom stereocenters. The summed E-state index contributed by atoms with van der Waals surface area (Å²) in [6.45, 7) is 1.92. The predicted octanol–water partition coefficient (Wildman–Crippen LogP) is 1.82. The maximum Gasteiger partial charge on any atom is 0.178 e. The van der Waals surface area contributed by atoms with E-state index in [0.717, 1.165) is 13.1 Å². The smallest absolute Gasteiger partial charge is 0.178 e. The van der Waals surface area contributed by atoms with Crippen LogP contribution >= 0.6 is 23.2 Å². The van der Waals surface area contributed by atoms with Crippen LogP contribution in [0, 0.1) is 0 Å². The third-order valence-electron chi connectivity index (χ3n) is 2.58. The fourth-order valence-electron chi connectivity index (χ4n) is 1.74. The number of nitrogens with two attached hydrogens (primary N) is 1. The summed E-state index contributed by atoms with van der Waals surface area (Å²) >= 11 is 11.7. The highest BCUT2D eigenvalue weighted by Crippen LogP contribution is 2.22. The first kappa shape index (κ1) is 11.9. The van der Waals surface area contributed by atoms with E-state index in [4.69, 9.17) is 28.9 Å². The lowest BCUT2D eigenvalue weighted by Gasteiger charge is -2.36. The quantitative estimate of drug-likeness (QED) is 0.842. The highest BCUT2D eigenvalue weighted by atomic mass is 35.5. The minimum atomic E-state index is 0.00793. The second-order valence-electron chi connectivity index (χ2n) is 4.00. The molecule has 0 spiro atoms. The largest absolute Gasteiger partial charge is 0.325 e. The van der Waals surface area contributed by atoms with Crippen molar-refractivity contribution in [2.75, 3.05) is 19.6 Å². The number of carbonyl (C=O) groups excluding carboxylic acids is 1. The molecule has 86 valence electrons. The number of nitrogens with zero attached hydrogens (tertiary/aromatic N) is 1. The number of carbonyl (C=O) groups is 1. The monoisotopic (exact) mass is 258 g/mol. The number of ketones is 1. The molecule has 3 nitrogen and oxygen atoms in total. The molecule has 0 radical (unpaired) electrons. The van der Waals surface area contributed by atoms with Crippen molar-refractivity contribution in [2.45, 2.75) is 6.04 Å². The Bertz CT molecular complexity index is 416. The van der Waals surface area contributed by atoms with E-state index in [0.29, 0.717) is 22.2 Å². The Morgan fingerprint density at radius 2 is 2.12 bits per heavy atom. The second kappa shape index (κ2) is 4.72. The zero-order chi connectivity index (χ0) is 11.7. The summed E-state index contributed by atoms with van der Waals surface area (Å²) in [5, 5.41) is 0.940. The van der Waals surface area contributed by atoms with Crippen LogP contribution in [0.1, 0.15) is 10.4 Å². The van der Waals surface area contributed by atoms with Gasteiger partial charge in [-0.05, 0) is 18.2 Å². The second-order valence-corrected chi connectivity index (χ2v) is 4.85. The van der Waals surface area contributed by atoms with E-state index in [2.05, 4.69) is 0 Å². The van der Waals surface area contributed by atoms with Gasteiger partial charge in [-0.1, -0.05) is 23.2 Å². The van der Waals surface area contributed by atoms with Gasteiger partial charge in [-0.2, -0.15) is 0 Å². The molecule has 0 aliphatic carbocycles. The van der Waals surface area contributed by atoms with E-state index in [-0.39, 0.29) is 11.8 Å². The van der Waals surface area contributed by atoms with E-state index in [9.17, 15) is 4.79 Å².